The number of rotatable bonds is 3. The summed E-state index contributed by atoms with van der Waals surface area (Å²) in [6.07, 6.45) is -4.74. The lowest BCUT2D eigenvalue weighted by Crippen LogP contribution is -2.52. The van der Waals surface area contributed by atoms with Crippen molar-refractivity contribution in [1.29, 1.82) is 0 Å². The molecule has 2 rings (SSSR count). The molecule has 0 saturated carbocycles. The number of halogens is 3. The van der Waals surface area contributed by atoms with Gasteiger partial charge in [-0.15, -0.1) is 0 Å². The third kappa shape index (κ3) is 2.73. The van der Waals surface area contributed by atoms with Gasteiger partial charge in [0.15, 0.2) is 5.41 Å². The maximum Gasteiger partial charge on any atom is 0.404 e. The van der Waals surface area contributed by atoms with Gasteiger partial charge in [-0.25, -0.2) is 0 Å². The van der Waals surface area contributed by atoms with Gasteiger partial charge in [-0.3, -0.25) is 4.79 Å². The number of carbonyl (C=O) groups is 1. The summed E-state index contributed by atoms with van der Waals surface area (Å²) in [7, 11) is 0. The summed E-state index contributed by atoms with van der Waals surface area (Å²) in [6.45, 7) is -0.0348. The molecule has 0 radical (unpaired) electrons. The molecule has 2 N–H and O–H groups in total. The molecule has 3 nitrogen and oxygen atoms in total. The molecule has 1 atom stereocenters. The van der Waals surface area contributed by atoms with Crippen molar-refractivity contribution in [2.45, 2.75) is 19.1 Å². The molecule has 6 heteroatoms. The molecule has 0 bridgehead atoms. The van der Waals surface area contributed by atoms with Gasteiger partial charge >= 0.3 is 6.18 Å². The van der Waals surface area contributed by atoms with Gasteiger partial charge in [0, 0.05) is 13.1 Å². The Kier molecular flexibility index (Phi) is 3.80. The average Bonchev–Trinajstić information content (AvgIpc) is 2.87. The van der Waals surface area contributed by atoms with E-state index in [9.17, 15) is 18.0 Å². The zero-order valence-electron chi connectivity index (χ0n) is 10.3. The Morgan fingerprint density at radius 1 is 1.32 bits per heavy atom. The Balaban J connectivity index is 2.05. The highest BCUT2D eigenvalue weighted by Crippen LogP contribution is 2.43. The van der Waals surface area contributed by atoms with Gasteiger partial charge in [-0.2, -0.15) is 13.2 Å². The Hall–Kier alpha value is -1.56. The lowest BCUT2D eigenvalue weighted by Gasteiger charge is -2.29. The normalized spacial score (nSPS) is 23.3. The van der Waals surface area contributed by atoms with E-state index in [-0.39, 0.29) is 26.1 Å². The molecule has 1 amide bonds. The second kappa shape index (κ2) is 5.21. The van der Waals surface area contributed by atoms with Crippen molar-refractivity contribution in [3.63, 3.8) is 0 Å². The van der Waals surface area contributed by atoms with Crippen molar-refractivity contribution in [2.75, 3.05) is 13.1 Å². The predicted molar refractivity (Wildman–Crippen MR) is 64.3 cm³/mol. The number of carbonyl (C=O) groups excluding carboxylic acids is 1. The van der Waals surface area contributed by atoms with Crippen molar-refractivity contribution in [3.05, 3.63) is 35.9 Å². The number of amides is 1. The van der Waals surface area contributed by atoms with Crippen LogP contribution in [-0.4, -0.2) is 25.2 Å². The van der Waals surface area contributed by atoms with Crippen LogP contribution in [0.3, 0.4) is 0 Å². The summed E-state index contributed by atoms with van der Waals surface area (Å²) in [5, 5.41) is 5.01. The van der Waals surface area contributed by atoms with Crippen LogP contribution in [0, 0.1) is 5.41 Å². The molecule has 1 aliphatic heterocycles. The van der Waals surface area contributed by atoms with Crippen LogP contribution in [-0.2, 0) is 11.3 Å². The first kappa shape index (κ1) is 13.9. The molecule has 0 unspecified atom stereocenters. The molecule has 1 aliphatic rings. The third-order valence-corrected chi connectivity index (χ3v) is 3.43. The van der Waals surface area contributed by atoms with Crippen LogP contribution in [0.2, 0.25) is 0 Å². The van der Waals surface area contributed by atoms with Crippen molar-refractivity contribution >= 4 is 5.91 Å². The number of nitrogens with one attached hydrogen (secondary N) is 2. The second-order valence-corrected chi connectivity index (χ2v) is 4.67. The molecular weight excluding hydrogens is 257 g/mol. The van der Waals surface area contributed by atoms with Crippen molar-refractivity contribution < 1.29 is 18.0 Å². The summed E-state index contributed by atoms with van der Waals surface area (Å²) in [4.78, 5) is 11.9. The zero-order valence-corrected chi connectivity index (χ0v) is 10.3. The standard InChI is InChI=1S/C13H15F3N2O/c14-13(15,16)12(6-7-17-9-12)11(19)18-8-10-4-2-1-3-5-10/h1-5,17H,6-9H2,(H,18,19)/t12-/m0/s1. The Bertz CT molecular complexity index is 439. The topological polar surface area (TPSA) is 41.1 Å². The molecular formula is C13H15F3N2O. The Morgan fingerprint density at radius 3 is 2.53 bits per heavy atom. The van der Waals surface area contributed by atoms with Gasteiger partial charge in [0.1, 0.15) is 0 Å². The van der Waals surface area contributed by atoms with E-state index in [1.54, 1.807) is 24.3 Å². The molecule has 19 heavy (non-hydrogen) atoms. The van der Waals surface area contributed by atoms with E-state index in [1.165, 1.54) is 0 Å². The van der Waals surface area contributed by atoms with Crippen LogP contribution in [0.4, 0.5) is 13.2 Å². The summed E-state index contributed by atoms with van der Waals surface area (Å²) < 4.78 is 39.3. The van der Waals surface area contributed by atoms with E-state index < -0.39 is 17.5 Å². The van der Waals surface area contributed by atoms with Crippen LogP contribution >= 0.6 is 0 Å². The highest BCUT2D eigenvalue weighted by Gasteiger charge is 2.61. The minimum Gasteiger partial charge on any atom is -0.351 e. The fraction of sp³-hybridized carbons (Fsp3) is 0.462. The summed E-state index contributed by atoms with van der Waals surface area (Å²) in [5.41, 5.74) is -1.51. The average molecular weight is 272 g/mol. The number of hydrogen-bond acceptors (Lipinski definition) is 2. The molecule has 0 aliphatic carbocycles. The molecule has 1 aromatic rings. The molecule has 1 fully saturated rings. The van der Waals surface area contributed by atoms with E-state index in [1.807, 2.05) is 6.07 Å². The van der Waals surface area contributed by atoms with E-state index in [0.717, 1.165) is 5.56 Å². The van der Waals surface area contributed by atoms with Gasteiger partial charge in [0.25, 0.3) is 0 Å². The lowest BCUT2D eigenvalue weighted by atomic mass is 9.85. The maximum absolute atomic E-state index is 13.1. The van der Waals surface area contributed by atoms with E-state index in [4.69, 9.17) is 0 Å². The van der Waals surface area contributed by atoms with Crippen LogP contribution in [0.1, 0.15) is 12.0 Å². The molecule has 104 valence electrons. The zero-order chi connectivity index (χ0) is 13.9. The number of alkyl halides is 3. The first-order valence-corrected chi connectivity index (χ1v) is 6.05. The van der Waals surface area contributed by atoms with E-state index in [0.29, 0.717) is 0 Å². The Labute approximate surface area is 109 Å². The first-order valence-electron chi connectivity index (χ1n) is 6.05. The summed E-state index contributed by atoms with van der Waals surface area (Å²) >= 11 is 0. The van der Waals surface area contributed by atoms with Gasteiger partial charge in [-0.1, -0.05) is 30.3 Å². The SMILES string of the molecule is O=C(NCc1ccccc1)[C@]1(C(F)(F)F)CCNC1. The van der Waals surface area contributed by atoms with E-state index in [2.05, 4.69) is 10.6 Å². The smallest absolute Gasteiger partial charge is 0.351 e. The fourth-order valence-corrected chi connectivity index (χ4v) is 2.20. The van der Waals surface area contributed by atoms with Crippen LogP contribution < -0.4 is 10.6 Å². The second-order valence-electron chi connectivity index (χ2n) is 4.67. The third-order valence-electron chi connectivity index (χ3n) is 3.43. The quantitative estimate of drug-likeness (QED) is 0.881. The van der Waals surface area contributed by atoms with E-state index >= 15 is 0 Å². The summed E-state index contributed by atoms with van der Waals surface area (Å²) in [6, 6.07) is 8.88. The first-order chi connectivity index (χ1) is 8.96. The number of benzene rings is 1. The monoisotopic (exact) mass is 272 g/mol. The highest BCUT2D eigenvalue weighted by atomic mass is 19.4. The van der Waals surface area contributed by atoms with Gasteiger partial charge in [0.2, 0.25) is 5.91 Å². The minimum absolute atomic E-state index is 0.109. The fourth-order valence-electron chi connectivity index (χ4n) is 2.20. The predicted octanol–water partition coefficient (Wildman–Crippen LogP) is 1.84. The van der Waals surface area contributed by atoms with Crippen LogP contribution in [0.15, 0.2) is 30.3 Å². The van der Waals surface area contributed by atoms with Crippen LogP contribution in [0.25, 0.3) is 0 Å². The molecule has 0 aromatic heterocycles. The van der Waals surface area contributed by atoms with Crippen molar-refractivity contribution in [1.82, 2.24) is 10.6 Å². The van der Waals surface area contributed by atoms with Crippen molar-refractivity contribution in [2.24, 2.45) is 5.41 Å². The molecule has 1 aromatic carbocycles. The van der Waals surface area contributed by atoms with Gasteiger partial charge in [-0.05, 0) is 18.5 Å². The van der Waals surface area contributed by atoms with Gasteiger partial charge in [0.05, 0.1) is 0 Å². The van der Waals surface area contributed by atoms with Crippen molar-refractivity contribution in [3.8, 4) is 0 Å². The maximum atomic E-state index is 13.1. The lowest BCUT2D eigenvalue weighted by molar-refractivity contribution is -0.216. The molecule has 1 saturated heterocycles. The summed E-state index contributed by atoms with van der Waals surface area (Å²) in [5.74, 6) is -0.950. The molecule has 0 spiro atoms. The largest absolute Gasteiger partial charge is 0.404 e. The Morgan fingerprint density at radius 2 is 2.00 bits per heavy atom. The minimum atomic E-state index is -4.53. The number of hydrogen-bond donors (Lipinski definition) is 2. The van der Waals surface area contributed by atoms with Gasteiger partial charge < -0.3 is 10.6 Å². The van der Waals surface area contributed by atoms with Crippen LogP contribution in [0.5, 0.6) is 0 Å². The highest BCUT2D eigenvalue weighted by molar-refractivity contribution is 5.84. The molecule has 1 heterocycles.